The largest absolute Gasteiger partial charge is 0.454 e. The molecular formula is C27H25IN2O5S. The van der Waals surface area contributed by atoms with E-state index in [1.165, 1.54) is 30.3 Å². The van der Waals surface area contributed by atoms with Crippen LogP contribution in [0.15, 0.2) is 89.5 Å². The van der Waals surface area contributed by atoms with Gasteiger partial charge < -0.3 is 9.64 Å². The topological polar surface area (TPSA) is 92.8 Å². The van der Waals surface area contributed by atoms with Gasteiger partial charge in [0.1, 0.15) is 0 Å². The minimum Gasteiger partial charge on any atom is -0.454 e. The molecule has 9 heteroatoms. The van der Waals surface area contributed by atoms with E-state index in [1.54, 1.807) is 24.3 Å². The highest BCUT2D eigenvalue weighted by molar-refractivity contribution is 14.1. The maximum Gasteiger partial charge on any atom is 0.338 e. The summed E-state index contributed by atoms with van der Waals surface area (Å²) in [5.41, 5.74) is 3.00. The Morgan fingerprint density at radius 3 is 2.42 bits per heavy atom. The molecule has 7 nitrogen and oxygen atoms in total. The van der Waals surface area contributed by atoms with Crippen LogP contribution in [0.5, 0.6) is 0 Å². The molecule has 0 unspecified atom stereocenters. The molecule has 0 saturated carbocycles. The Balaban J connectivity index is 1.44. The SMILES string of the molecule is CN1C(=CC(=O)COC(=O)c2cccc(S(=O)(=O)Nc3ccc(I)cc3)c2)C(C)(C)c2ccccc21. The first kappa shape index (κ1) is 25.9. The number of nitrogens with one attached hydrogen (secondary N) is 1. The molecule has 1 heterocycles. The molecule has 0 radical (unpaired) electrons. The summed E-state index contributed by atoms with van der Waals surface area (Å²) in [6.45, 7) is 3.62. The van der Waals surface area contributed by atoms with Gasteiger partial charge in [0.15, 0.2) is 12.4 Å². The first-order valence-corrected chi connectivity index (χ1v) is 13.7. The molecule has 186 valence electrons. The highest BCUT2D eigenvalue weighted by Gasteiger charge is 2.38. The average Bonchev–Trinajstić information content (AvgIpc) is 3.04. The van der Waals surface area contributed by atoms with Crippen LogP contribution in [0.3, 0.4) is 0 Å². The second-order valence-electron chi connectivity index (χ2n) is 8.91. The number of ether oxygens (including phenoxy) is 1. The first-order chi connectivity index (χ1) is 17.0. The summed E-state index contributed by atoms with van der Waals surface area (Å²) in [6, 6.07) is 20.3. The van der Waals surface area contributed by atoms with Crippen LogP contribution < -0.4 is 9.62 Å². The van der Waals surface area contributed by atoms with Crippen molar-refractivity contribution in [3.05, 3.63) is 99.3 Å². The van der Waals surface area contributed by atoms with Crippen molar-refractivity contribution in [3.8, 4) is 0 Å². The predicted octanol–water partition coefficient (Wildman–Crippen LogP) is 5.13. The lowest BCUT2D eigenvalue weighted by molar-refractivity contribution is -0.117. The minimum atomic E-state index is -3.92. The highest BCUT2D eigenvalue weighted by Crippen LogP contribution is 2.46. The molecule has 0 aliphatic carbocycles. The summed E-state index contributed by atoms with van der Waals surface area (Å²) < 4.78 is 34.2. The fourth-order valence-corrected chi connectivity index (χ4v) is 5.66. The molecule has 0 aromatic heterocycles. The zero-order valence-corrected chi connectivity index (χ0v) is 23.0. The maximum atomic E-state index is 12.8. The molecule has 3 aromatic rings. The van der Waals surface area contributed by atoms with E-state index in [2.05, 4.69) is 27.3 Å². The van der Waals surface area contributed by atoms with Crippen LogP contribution in [0.25, 0.3) is 0 Å². The second kappa shape index (κ2) is 10.1. The molecule has 0 spiro atoms. The van der Waals surface area contributed by atoms with Crippen molar-refractivity contribution in [2.24, 2.45) is 0 Å². The molecule has 4 rings (SSSR count). The number of likely N-dealkylation sites (N-methyl/N-ethyl adjacent to an activating group) is 1. The van der Waals surface area contributed by atoms with Gasteiger partial charge in [0.25, 0.3) is 10.0 Å². The number of benzene rings is 3. The van der Waals surface area contributed by atoms with E-state index in [0.717, 1.165) is 20.5 Å². The number of ketones is 1. The van der Waals surface area contributed by atoms with Crippen LogP contribution in [0.1, 0.15) is 29.8 Å². The van der Waals surface area contributed by atoms with Crippen molar-refractivity contribution >= 4 is 55.7 Å². The number of hydrogen-bond acceptors (Lipinski definition) is 6. The minimum absolute atomic E-state index is 0.0339. The van der Waals surface area contributed by atoms with E-state index in [1.807, 2.05) is 50.1 Å². The standard InChI is InChI=1S/C27H25IN2O5S/c1-27(2)23-9-4-5-10-24(23)30(3)25(27)16-21(31)17-35-26(32)18-7-6-8-22(15-18)36(33,34)29-20-13-11-19(28)12-14-20/h4-16,29H,17H2,1-3H3. The van der Waals surface area contributed by atoms with Gasteiger partial charge in [0, 0.05) is 39.2 Å². The molecule has 0 amide bonds. The van der Waals surface area contributed by atoms with Crippen LogP contribution in [0.2, 0.25) is 0 Å². The number of hydrogen-bond donors (Lipinski definition) is 1. The summed E-state index contributed by atoms with van der Waals surface area (Å²) in [5.74, 6) is -1.15. The lowest BCUT2D eigenvalue weighted by Crippen LogP contribution is -2.25. The Labute approximate surface area is 224 Å². The molecule has 0 fully saturated rings. The Morgan fingerprint density at radius 2 is 1.72 bits per heavy atom. The van der Waals surface area contributed by atoms with Gasteiger partial charge in [-0.3, -0.25) is 9.52 Å². The molecule has 0 atom stereocenters. The molecule has 36 heavy (non-hydrogen) atoms. The summed E-state index contributed by atoms with van der Waals surface area (Å²) in [7, 11) is -2.02. The monoisotopic (exact) mass is 616 g/mol. The molecular weight excluding hydrogens is 591 g/mol. The zero-order valence-electron chi connectivity index (χ0n) is 20.0. The molecule has 1 aliphatic rings. The lowest BCUT2D eigenvalue weighted by Gasteiger charge is -2.23. The van der Waals surface area contributed by atoms with Gasteiger partial charge in [-0.15, -0.1) is 0 Å². The van der Waals surface area contributed by atoms with Crippen molar-refractivity contribution < 1.29 is 22.7 Å². The molecule has 3 aromatic carbocycles. The van der Waals surface area contributed by atoms with E-state index in [-0.39, 0.29) is 21.7 Å². The van der Waals surface area contributed by atoms with Crippen LogP contribution in [-0.4, -0.2) is 33.8 Å². The normalized spacial score (nSPS) is 15.4. The van der Waals surface area contributed by atoms with Gasteiger partial charge >= 0.3 is 5.97 Å². The number of halogens is 1. The third kappa shape index (κ3) is 5.31. The third-order valence-electron chi connectivity index (χ3n) is 6.06. The van der Waals surface area contributed by atoms with Crippen LogP contribution in [-0.2, 0) is 25.0 Å². The fourth-order valence-electron chi connectivity index (χ4n) is 4.20. The molecule has 1 aliphatic heterocycles. The zero-order chi connectivity index (χ0) is 26.1. The van der Waals surface area contributed by atoms with Gasteiger partial charge in [0.2, 0.25) is 0 Å². The number of carbonyl (C=O) groups is 2. The van der Waals surface area contributed by atoms with E-state index in [4.69, 9.17) is 4.74 Å². The average molecular weight is 616 g/mol. The number of fused-ring (bicyclic) bond motifs is 1. The van der Waals surface area contributed by atoms with E-state index < -0.39 is 22.6 Å². The van der Waals surface area contributed by atoms with Gasteiger partial charge in [-0.2, -0.15) is 0 Å². The van der Waals surface area contributed by atoms with Gasteiger partial charge in [-0.05, 0) is 76.7 Å². The maximum absolute atomic E-state index is 12.8. The van der Waals surface area contributed by atoms with Crippen molar-refractivity contribution in [3.63, 3.8) is 0 Å². The van der Waals surface area contributed by atoms with Crippen LogP contribution in [0, 0.1) is 3.57 Å². The van der Waals surface area contributed by atoms with Gasteiger partial charge in [-0.25, -0.2) is 13.2 Å². The van der Waals surface area contributed by atoms with E-state index in [0.29, 0.717) is 5.69 Å². The van der Waals surface area contributed by atoms with Gasteiger partial charge in [-0.1, -0.05) is 38.1 Å². The Kier molecular flexibility index (Phi) is 7.24. The van der Waals surface area contributed by atoms with E-state index in [9.17, 15) is 18.0 Å². The molecule has 0 bridgehead atoms. The van der Waals surface area contributed by atoms with Crippen molar-refractivity contribution in [2.45, 2.75) is 24.2 Å². The van der Waals surface area contributed by atoms with Crippen molar-refractivity contribution in [2.75, 3.05) is 23.3 Å². The lowest BCUT2D eigenvalue weighted by atomic mass is 9.83. The number of esters is 1. The van der Waals surface area contributed by atoms with Crippen LogP contribution in [0.4, 0.5) is 11.4 Å². The number of rotatable bonds is 7. The molecule has 0 saturated heterocycles. The predicted molar refractivity (Wildman–Crippen MR) is 148 cm³/mol. The summed E-state index contributed by atoms with van der Waals surface area (Å²) >= 11 is 2.13. The quantitative estimate of drug-likeness (QED) is 0.225. The van der Waals surface area contributed by atoms with Gasteiger partial charge in [0.05, 0.1) is 10.5 Å². The van der Waals surface area contributed by atoms with Crippen LogP contribution >= 0.6 is 22.6 Å². The second-order valence-corrected chi connectivity index (χ2v) is 11.8. The highest BCUT2D eigenvalue weighted by atomic mass is 127. The Bertz CT molecular complexity index is 1460. The van der Waals surface area contributed by atoms with Crippen molar-refractivity contribution in [1.82, 2.24) is 0 Å². The number of para-hydroxylation sites is 1. The number of carbonyl (C=O) groups excluding carboxylic acids is 2. The number of anilines is 2. The number of sulfonamides is 1. The first-order valence-electron chi connectivity index (χ1n) is 11.1. The Morgan fingerprint density at radius 1 is 1.03 bits per heavy atom. The smallest absolute Gasteiger partial charge is 0.338 e. The van der Waals surface area contributed by atoms with E-state index >= 15 is 0 Å². The Hall–Kier alpha value is -3.18. The number of nitrogens with zero attached hydrogens (tertiary/aromatic N) is 1. The van der Waals surface area contributed by atoms with Crippen molar-refractivity contribution in [1.29, 1.82) is 0 Å². The summed E-state index contributed by atoms with van der Waals surface area (Å²) in [5, 5.41) is 0. The third-order valence-corrected chi connectivity index (χ3v) is 8.16. The molecule has 1 N–H and O–H groups in total. The summed E-state index contributed by atoms with van der Waals surface area (Å²) in [4.78, 5) is 27.2. The number of allylic oxidation sites excluding steroid dienone is 1. The fraction of sp³-hybridized carbons (Fsp3) is 0.185. The summed E-state index contributed by atoms with van der Waals surface area (Å²) in [6.07, 6.45) is 1.50.